The van der Waals surface area contributed by atoms with Gasteiger partial charge in [-0.2, -0.15) is 4.31 Å². The van der Waals surface area contributed by atoms with Crippen LogP contribution < -0.4 is 5.32 Å². The molecule has 1 amide bonds. The van der Waals surface area contributed by atoms with Gasteiger partial charge in [-0.3, -0.25) is 4.79 Å². The summed E-state index contributed by atoms with van der Waals surface area (Å²) in [6.07, 6.45) is 3.95. The van der Waals surface area contributed by atoms with Gasteiger partial charge in [-0.05, 0) is 17.2 Å². The Kier molecular flexibility index (Phi) is 6.92. The Morgan fingerprint density at radius 2 is 1.76 bits per heavy atom. The molecule has 2 aromatic carbocycles. The lowest BCUT2D eigenvalue weighted by molar-refractivity contribution is -0.116. The predicted molar refractivity (Wildman–Crippen MR) is 117 cm³/mol. The molecule has 1 aromatic heterocycles. The fraction of sp³-hybridized carbons (Fsp3) is 0.143. The summed E-state index contributed by atoms with van der Waals surface area (Å²) in [5.41, 5.74) is 1.92. The van der Waals surface area contributed by atoms with Gasteiger partial charge in [0.05, 0.1) is 6.54 Å². The molecule has 150 valence electrons. The highest BCUT2D eigenvalue weighted by Crippen LogP contribution is 2.21. The molecule has 1 heterocycles. The van der Waals surface area contributed by atoms with Gasteiger partial charge in [0.2, 0.25) is 15.9 Å². The van der Waals surface area contributed by atoms with Gasteiger partial charge in [-0.25, -0.2) is 13.4 Å². The minimum absolute atomic E-state index is 0.297. The van der Waals surface area contributed by atoms with E-state index < -0.39 is 15.9 Å². The van der Waals surface area contributed by atoms with Crippen LogP contribution in [-0.4, -0.2) is 37.2 Å². The van der Waals surface area contributed by atoms with Crippen molar-refractivity contribution in [1.29, 1.82) is 0 Å². The maximum Gasteiger partial charge on any atom is 0.241 e. The molecule has 0 aliphatic rings. The zero-order chi connectivity index (χ0) is 20.7. The van der Waals surface area contributed by atoms with Crippen molar-refractivity contribution in [3.05, 3.63) is 88.3 Å². The van der Waals surface area contributed by atoms with Gasteiger partial charge in [0, 0.05) is 30.0 Å². The molecule has 0 spiro atoms. The predicted octanol–water partition coefficient (Wildman–Crippen LogP) is 3.60. The van der Waals surface area contributed by atoms with E-state index in [0.717, 1.165) is 32.1 Å². The molecule has 0 unspecified atom stereocenters. The van der Waals surface area contributed by atoms with Crippen LogP contribution >= 0.6 is 11.3 Å². The molecule has 29 heavy (non-hydrogen) atoms. The standard InChI is InChI=1S/C21H21N3O3S2/c1-24(29(26,27)13-12-17-8-4-2-5-9-17)16-20(25)23-21-22-15-19(28-21)14-18-10-6-3-7-11-18/h2-13,15H,14,16H2,1H3,(H,22,23,25). The third-order valence-electron chi connectivity index (χ3n) is 4.05. The molecular formula is C21H21N3O3S2. The van der Waals surface area contributed by atoms with Crippen LogP contribution in [0.2, 0.25) is 0 Å². The van der Waals surface area contributed by atoms with Crippen molar-refractivity contribution in [2.45, 2.75) is 6.42 Å². The molecule has 0 radical (unpaired) electrons. The smallest absolute Gasteiger partial charge is 0.241 e. The van der Waals surface area contributed by atoms with Crippen LogP contribution in [0.3, 0.4) is 0 Å². The van der Waals surface area contributed by atoms with Gasteiger partial charge in [0.15, 0.2) is 5.13 Å². The Morgan fingerprint density at radius 1 is 1.10 bits per heavy atom. The number of carbonyl (C=O) groups excluding carboxylic acids is 1. The van der Waals surface area contributed by atoms with Gasteiger partial charge in [-0.15, -0.1) is 11.3 Å². The van der Waals surface area contributed by atoms with E-state index in [0.29, 0.717) is 5.13 Å². The lowest BCUT2D eigenvalue weighted by Gasteiger charge is -2.13. The maximum absolute atomic E-state index is 12.3. The third-order valence-corrected chi connectivity index (χ3v) is 6.44. The Labute approximate surface area is 174 Å². The summed E-state index contributed by atoms with van der Waals surface area (Å²) < 4.78 is 25.7. The topological polar surface area (TPSA) is 79.4 Å². The molecule has 0 aliphatic heterocycles. The zero-order valence-electron chi connectivity index (χ0n) is 15.9. The monoisotopic (exact) mass is 427 g/mol. The second-order valence-electron chi connectivity index (χ2n) is 6.36. The van der Waals surface area contributed by atoms with Crippen LogP contribution in [0.1, 0.15) is 16.0 Å². The van der Waals surface area contributed by atoms with Crippen molar-refractivity contribution in [1.82, 2.24) is 9.29 Å². The van der Waals surface area contributed by atoms with E-state index in [9.17, 15) is 13.2 Å². The summed E-state index contributed by atoms with van der Waals surface area (Å²) in [6.45, 7) is -0.297. The first kappa shape index (κ1) is 20.9. The number of hydrogen-bond acceptors (Lipinski definition) is 5. The van der Waals surface area contributed by atoms with Crippen molar-refractivity contribution >= 4 is 38.5 Å². The maximum atomic E-state index is 12.3. The number of rotatable bonds is 8. The lowest BCUT2D eigenvalue weighted by Crippen LogP contribution is -2.33. The van der Waals surface area contributed by atoms with E-state index in [-0.39, 0.29) is 6.54 Å². The van der Waals surface area contributed by atoms with Gasteiger partial charge in [0.1, 0.15) is 0 Å². The second-order valence-corrected chi connectivity index (χ2v) is 9.40. The normalized spacial score (nSPS) is 11.8. The summed E-state index contributed by atoms with van der Waals surface area (Å²) in [4.78, 5) is 17.5. The molecule has 3 aromatic rings. The fourth-order valence-corrected chi connectivity index (χ4v) is 4.22. The highest BCUT2D eigenvalue weighted by Gasteiger charge is 2.18. The van der Waals surface area contributed by atoms with Crippen molar-refractivity contribution in [2.75, 3.05) is 18.9 Å². The van der Waals surface area contributed by atoms with Gasteiger partial charge in [-0.1, -0.05) is 60.7 Å². The number of likely N-dealkylation sites (N-methyl/N-ethyl adjacent to an activating group) is 1. The van der Waals surface area contributed by atoms with E-state index in [4.69, 9.17) is 0 Å². The Bertz CT molecular complexity index is 1080. The highest BCUT2D eigenvalue weighted by atomic mass is 32.2. The van der Waals surface area contributed by atoms with E-state index in [2.05, 4.69) is 10.3 Å². The first-order valence-corrected chi connectivity index (χ1v) is 11.2. The van der Waals surface area contributed by atoms with E-state index in [1.54, 1.807) is 18.3 Å². The molecule has 1 N–H and O–H groups in total. The van der Waals surface area contributed by atoms with Gasteiger partial charge in [0.25, 0.3) is 0 Å². The van der Waals surface area contributed by atoms with Crippen molar-refractivity contribution < 1.29 is 13.2 Å². The molecule has 0 bridgehead atoms. The lowest BCUT2D eigenvalue weighted by atomic mass is 10.1. The van der Waals surface area contributed by atoms with E-state index >= 15 is 0 Å². The average molecular weight is 428 g/mol. The number of nitrogens with zero attached hydrogens (tertiary/aromatic N) is 2. The molecule has 8 heteroatoms. The van der Waals surface area contributed by atoms with Gasteiger partial charge < -0.3 is 5.32 Å². The molecule has 3 rings (SSSR count). The van der Waals surface area contributed by atoms with Crippen molar-refractivity contribution in [3.8, 4) is 0 Å². The molecular weight excluding hydrogens is 406 g/mol. The number of aromatic nitrogens is 1. The number of hydrogen-bond donors (Lipinski definition) is 1. The zero-order valence-corrected chi connectivity index (χ0v) is 17.5. The van der Waals surface area contributed by atoms with Crippen LogP contribution in [0.25, 0.3) is 6.08 Å². The number of anilines is 1. The van der Waals surface area contributed by atoms with Crippen LogP contribution in [0.5, 0.6) is 0 Å². The Hall–Kier alpha value is -2.81. The SMILES string of the molecule is CN(CC(=O)Nc1ncc(Cc2ccccc2)s1)S(=O)(=O)C=Cc1ccccc1. The number of amides is 1. The average Bonchev–Trinajstić information content (AvgIpc) is 3.14. The fourth-order valence-electron chi connectivity index (χ4n) is 2.53. The quantitative estimate of drug-likeness (QED) is 0.596. The van der Waals surface area contributed by atoms with Crippen LogP contribution in [0.4, 0.5) is 5.13 Å². The van der Waals surface area contributed by atoms with Crippen molar-refractivity contribution in [3.63, 3.8) is 0 Å². The first-order valence-electron chi connectivity index (χ1n) is 8.90. The summed E-state index contributed by atoms with van der Waals surface area (Å²) in [5, 5.41) is 4.21. The minimum Gasteiger partial charge on any atom is -0.301 e. The van der Waals surface area contributed by atoms with E-state index in [1.807, 2.05) is 48.5 Å². The van der Waals surface area contributed by atoms with E-state index in [1.165, 1.54) is 24.5 Å². The Morgan fingerprint density at radius 3 is 2.45 bits per heavy atom. The number of nitrogens with one attached hydrogen (secondary N) is 1. The minimum atomic E-state index is -3.71. The van der Waals surface area contributed by atoms with Crippen LogP contribution in [-0.2, 0) is 21.2 Å². The summed E-state index contributed by atoms with van der Waals surface area (Å²) in [5.74, 6) is -0.440. The van der Waals surface area contributed by atoms with Crippen molar-refractivity contribution in [2.24, 2.45) is 0 Å². The number of thiazole rings is 1. The molecule has 0 aliphatic carbocycles. The Balaban J connectivity index is 1.55. The number of carbonyl (C=O) groups is 1. The second kappa shape index (κ2) is 9.60. The third kappa shape index (κ3) is 6.35. The van der Waals surface area contributed by atoms with Crippen LogP contribution in [0, 0.1) is 0 Å². The largest absolute Gasteiger partial charge is 0.301 e. The molecule has 0 saturated carbocycles. The molecule has 0 fully saturated rings. The summed E-state index contributed by atoms with van der Waals surface area (Å²) >= 11 is 1.37. The number of benzene rings is 2. The molecule has 6 nitrogen and oxygen atoms in total. The molecule has 0 saturated heterocycles. The van der Waals surface area contributed by atoms with Gasteiger partial charge >= 0.3 is 0 Å². The van der Waals surface area contributed by atoms with Crippen LogP contribution in [0.15, 0.2) is 72.3 Å². The summed E-state index contributed by atoms with van der Waals surface area (Å²) in [6, 6.07) is 19.1. The summed E-state index contributed by atoms with van der Waals surface area (Å²) in [7, 11) is -2.34. The molecule has 0 atom stereocenters. The highest BCUT2D eigenvalue weighted by molar-refractivity contribution is 7.92. The number of sulfonamides is 1. The first-order chi connectivity index (χ1) is 13.9.